The molecule has 0 spiro atoms. The lowest BCUT2D eigenvalue weighted by atomic mass is 9.61. The molecule has 3 amide bonds. The minimum absolute atomic E-state index is 0.0588. The Hall–Kier alpha value is -1.43. The van der Waals surface area contributed by atoms with Gasteiger partial charge in [0.1, 0.15) is 6.04 Å². The summed E-state index contributed by atoms with van der Waals surface area (Å²) in [6, 6.07) is -0.610. The maximum absolute atomic E-state index is 12.5. The summed E-state index contributed by atoms with van der Waals surface area (Å²) in [5.41, 5.74) is 5.88. The van der Waals surface area contributed by atoms with Crippen LogP contribution in [0.25, 0.3) is 0 Å². The van der Waals surface area contributed by atoms with Crippen LogP contribution in [-0.2, 0) is 14.4 Å². The normalized spacial score (nSPS) is 36.0. The molecule has 0 aromatic rings. The molecular formula is C15H25N3O3. The molecule has 2 aliphatic rings. The second kappa shape index (κ2) is 5.40. The van der Waals surface area contributed by atoms with Gasteiger partial charge in [-0.15, -0.1) is 0 Å². The Morgan fingerprint density at radius 3 is 2.48 bits per heavy atom. The zero-order chi connectivity index (χ0) is 15.9. The Morgan fingerprint density at radius 1 is 1.33 bits per heavy atom. The highest BCUT2D eigenvalue weighted by molar-refractivity contribution is 6.06. The van der Waals surface area contributed by atoms with Gasteiger partial charge in [-0.2, -0.15) is 0 Å². The molecule has 0 bridgehead atoms. The molecule has 0 aromatic heterocycles. The molecule has 6 heteroatoms. The van der Waals surface area contributed by atoms with Gasteiger partial charge in [-0.3, -0.25) is 19.3 Å². The van der Waals surface area contributed by atoms with Crippen LogP contribution in [0.15, 0.2) is 0 Å². The quantitative estimate of drug-likeness (QED) is 0.715. The van der Waals surface area contributed by atoms with Gasteiger partial charge in [0.25, 0.3) is 5.91 Å². The number of nitrogens with two attached hydrogens (primary N) is 1. The van der Waals surface area contributed by atoms with Crippen LogP contribution in [0.5, 0.6) is 0 Å². The molecule has 1 heterocycles. The second-order valence-corrected chi connectivity index (χ2v) is 6.96. The van der Waals surface area contributed by atoms with E-state index in [9.17, 15) is 14.4 Å². The lowest BCUT2D eigenvalue weighted by Gasteiger charge is -2.46. The Kier molecular flexibility index (Phi) is 4.10. The van der Waals surface area contributed by atoms with Crippen molar-refractivity contribution in [3.8, 4) is 0 Å². The number of hydrogen-bond donors (Lipinski definition) is 2. The summed E-state index contributed by atoms with van der Waals surface area (Å²) in [5.74, 6) is -0.665. The van der Waals surface area contributed by atoms with Crippen molar-refractivity contribution in [2.24, 2.45) is 23.0 Å². The van der Waals surface area contributed by atoms with E-state index >= 15 is 0 Å². The van der Waals surface area contributed by atoms with E-state index in [-0.39, 0.29) is 47.4 Å². The predicted molar refractivity (Wildman–Crippen MR) is 78.0 cm³/mol. The smallest absolute Gasteiger partial charge is 0.252 e. The molecule has 1 aliphatic heterocycles. The Morgan fingerprint density at radius 2 is 1.95 bits per heavy atom. The van der Waals surface area contributed by atoms with Crippen LogP contribution < -0.4 is 11.1 Å². The summed E-state index contributed by atoms with van der Waals surface area (Å²) in [5, 5.41) is 2.76. The van der Waals surface area contributed by atoms with Crippen LogP contribution >= 0.6 is 0 Å². The fraction of sp³-hybridized carbons (Fsp3) is 0.800. The molecule has 4 atom stereocenters. The molecule has 1 aliphatic carbocycles. The first-order chi connectivity index (χ1) is 9.66. The summed E-state index contributed by atoms with van der Waals surface area (Å²) in [6.45, 7) is 6.17. The minimum atomic E-state index is -0.711. The van der Waals surface area contributed by atoms with E-state index in [0.29, 0.717) is 0 Å². The van der Waals surface area contributed by atoms with Crippen LogP contribution in [0.2, 0.25) is 0 Å². The van der Waals surface area contributed by atoms with Crippen LogP contribution in [0.4, 0.5) is 0 Å². The monoisotopic (exact) mass is 295 g/mol. The van der Waals surface area contributed by atoms with E-state index in [1.54, 1.807) is 0 Å². The number of hydrogen-bond acceptors (Lipinski definition) is 4. The lowest BCUT2D eigenvalue weighted by molar-refractivity contribution is -0.140. The number of carbonyl (C=O) groups excluding carboxylic acids is 3. The van der Waals surface area contributed by atoms with E-state index < -0.39 is 6.04 Å². The van der Waals surface area contributed by atoms with Gasteiger partial charge in [0.15, 0.2) is 0 Å². The molecule has 0 radical (unpaired) electrons. The van der Waals surface area contributed by atoms with Crippen LogP contribution in [0.1, 0.15) is 40.0 Å². The van der Waals surface area contributed by atoms with Gasteiger partial charge in [-0.05, 0) is 24.2 Å². The highest BCUT2D eigenvalue weighted by Crippen LogP contribution is 2.44. The molecule has 118 valence electrons. The molecule has 6 nitrogen and oxygen atoms in total. The zero-order valence-corrected chi connectivity index (χ0v) is 13.2. The van der Waals surface area contributed by atoms with E-state index in [0.717, 1.165) is 17.7 Å². The average molecular weight is 295 g/mol. The summed E-state index contributed by atoms with van der Waals surface area (Å²) >= 11 is 0. The lowest BCUT2D eigenvalue weighted by Crippen LogP contribution is -2.53. The van der Waals surface area contributed by atoms with Gasteiger partial charge in [0, 0.05) is 19.0 Å². The average Bonchev–Trinajstić information content (AvgIpc) is 2.63. The number of likely N-dealkylation sites (N-methyl/N-ethyl adjacent to an activating group) is 1. The molecule has 1 saturated heterocycles. The van der Waals surface area contributed by atoms with Crippen molar-refractivity contribution in [2.45, 2.75) is 52.1 Å². The third-order valence-electron chi connectivity index (χ3n) is 5.52. The Balaban J connectivity index is 2.07. The summed E-state index contributed by atoms with van der Waals surface area (Å²) in [6.07, 6.45) is 1.58. The van der Waals surface area contributed by atoms with E-state index in [1.165, 1.54) is 7.05 Å². The fourth-order valence-corrected chi connectivity index (χ4v) is 3.46. The van der Waals surface area contributed by atoms with Gasteiger partial charge in [-0.1, -0.05) is 20.8 Å². The highest BCUT2D eigenvalue weighted by Gasteiger charge is 2.46. The number of amides is 3. The predicted octanol–water partition coefficient (Wildman–Crippen LogP) is 0.259. The standard InChI is InChI=1S/C15H25N3O3/c1-8-10(16)6-5-9(15(8,2)3)13(20)17-11-7-12(19)18(4)14(11)21/h8-11H,5-7,16H2,1-4H3,(H,17,20). The fourth-order valence-electron chi connectivity index (χ4n) is 3.46. The SMILES string of the molecule is CC1C(N)CCC(C(=O)NC2CC(=O)N(C)C2=O)C1(C)C. The largest absolute Gasteiger partial charge is 0.344 e. The summed E-state index contributed by atoms with van der Waals surface area (Å²) in [4.78, 5) is 37.0. The Bertz CT molecular complexity index is 475. The van der Waals surface area contributed by atoms with Crippen molar-refractivity contribution in [2.75, 3.05) is 7.05 Å². The first kappa shape index (κ1) is 15.9. The number of imide groups is 1. The van der Waals surface area contributed by atoms with Gasteiger partial charge in [0.2, 0.25) is 11.8 Å². The van der Waals surface area contributed by atoms with Crippen molar-refractivity contribution in [3.05, 3.63) is 0 Å². The zero-order valence-electron chi connectivity index (χ0n) is 13.2. The number of carbonyl (C=O) groups is 3. The van der Waals surface area contributed by atoms with Crippen molar-refractivity contribution in [1.82, 2.24) is 10.2 Å². The van der Waals surface area contributed by atoms with Crippen LogP contribution in [-0.4, -0.2) is 41.8 Å². The number of nitrogens with zero attached hydrogens (tertiary/aromatic N) is 1. The molecule has 3 N–H and O–H groups in total. The van der Waals surface area contributed by atoms with E-state index in [1.807, 2.05) is 0 Å². The van der Waals surface area contributed by atoms with Gasteiger partial charge >= 0.3 is 0 Å². The number of rotatable bonds is 2. The maximum atomic E-state index is 12.5. The van der Waals surface area contributed by atoms with Crippen LogP contribution in [0, 0.1) is 17.3 Å². The van der Waals surface area contributed by atoms with Crippen LogP contribution in [0.3, 0.4) is 0 Å². The van der Waals surface area contributed by atoms with Gasteiger partial charge in [-0.25, -0.2) is 0 Å². The Labute approximate surface area is 125 Å². The third kappa shape index (κ3) is 2.69. The molecule has 2 fully saturated rings. The molecule has 1 saturated carbocycles. The van der Waals surface area contributed by atoms with Crippen molar-refractivity contribution >= 4 is 17.7 Å². The highest BCUT2D eigenvalue weighted by atomic mass is 16.2. The van der Waals surface area contributed by atoms with E-state index in [4.69, 9.17) is 5.73 Å². The first-order valence-corrected chi connectivity index (χ1v) is 7.52. The second-order valence-electron chi connectivity index (χ2n) is 6.96. The minimum Gasteiger partial charge on any atom is -0.344 e. The molecule has 0 aromatic carbocycles. The number of likely N-dealkylation sites (tertiary alicyclic amines) is 1. The third-order valence-corrected chi connectivity index (χ3v) is 5.52. The summed E-state index contributed by atoms with van der Waals surface area (Å²) in [7, 11) is 1.45. The van der Waals surface area contributed by atoms with Gasteiger partial charge < -0.3 is 11.1 Å². The molecule has 4 unspecified atom stereocenters. The molecule has 2 rings (SSSR count). The maximum Gasteiger partial charge on any atom is 0.252 e. The van der Waals surface area contributed by atoms with Gasteiger partial charge in [0.05, 0.1) is 6.42 Å². The van der Waals surface area contributed by atoms with Crippen molar-refractivity contribution < 1.29 is 14.4 Å². The summed E-state index contributed by atoms with van der Waals surface area (Å²) < 4.78 is 0. The topological polar surface area (TPSA) is 92.5 Å². The molecule has 21 heavy (non-hydrogen) atoms. The number of nitrogens with one attached hydrogen (secondary N) is 1. The van der Waals surface area contributed by atoms with Crippen molar-refractivity contribution in [3.63, 3.8) is 0 Å². The van der Waals surface area contributed by atoms with E-state index in [2.05, 4.69) is 26.1 Å². The first-order valence-electron chi connectivity index (χ1n) is 7.52. The molecular weight excluding hydrogens is 270 g/mol. The van der Waals surface area contributed by atoms with Crippen molar-refractivity contribution in [1.29, 1.82) is 0 Å².